The van der Waals surface area contributed by atoms with Crippen molar-refractivity contribution in [2.45, 2.75) is 20.0 Å². The minimum absolute atomic E-state index is 0.0186. The Kier molecular flexibility index (Phi) is 7.07. The average Bonchev–Trinajstić information content (AvgIpc) is 3.07. The molecule has 0 fully saturated rings. The lowest BCUT2D eigenvalue weighted by atomic mass is 10.2. The van der Waals surface area contributed by atoms with Crippen LogP contribution >= 0.6 is 22.9 Å². The van der Waals surface area contributed by atoms with Crippen molar-refractivity contribution in [2.75, 3.05) is 11.9 Å². The quantitative estimate of drug-likeness (QED) is 0.398. The highest BCUT2D eigenvalue weighted by Gasteiger charge is 2.20. The first-order valence-electron chi connectivity index (χ1n) is 7.96. The largest absolute Gasteiger partial charge is 0.451 e. The number of anilines is 1. The number of non-ortho nitro benzene ring substituents is 1. The summed E-state index contributed by atoms with van der Waals surface area (Å²) in [4.78, 5) is 47.5. The maximum atomic E-state index is 12.1. The van der Waals surface area contributed by atoms with Crippen LogP contribution in [0, 0.1) is 17.0 Å². The Hall–Kier alpha value is -2.98. The van der Waals surface area contributed by atoms with E-state index < -0.39 is 35.4 Å². The minimum Gasteiger partial charge on any atom is -0.451 e. The minimum atomic E-state index is -1.20. The van der Waals surface area contributed by atoms with E-state index in [1.54, 1.807) is 12.1 Å². The zero-order valence-corrected chi connectivity index (χ0v) is 16.4. The van der Waals surface area contributed by atoms with Crippen molar-refractivity contribution in [3.8, 4) is 0 Å². The zero-order chi connectivity index (χ0) is 20.8. The highest BCUT2D eigenvalue weighted by Crippen LogP contribution is 2.26. The van der Waals surface area contributed by atoms with E-state index in [4.69, 9.17) is 16.3 Å². The normalized spacial score (nSPS) is 11.4. The molecule has 0 spiro atoms. The summed E-state index contributed by atoms with van der Waals surface area (Å²) in [5.41, 5.74) is -0.235. The standard InChI is InChI=1S/C17H16ClN3O6S/c1-9-3-6-14(28-9)17(24)19-8-15(22)27-10(2)16(23)20-13-7-11(21(25)26)4-5-12(13)18/h3-7,10H,8H2,1-2H3,(H,19,24)(H,20,23). The van der Waals surface area contributed by atoms with Gasteiger partial charge in [0.1, 0.15) is 6.54 Å². The second-order valence-corrected chi connectivity index (χ2v) is 7.33. The fraction of sp³-hybridized carbons (Fsp3) is 0.235. The van der Waals surface area contributed by atoms with Crippen molar-refractivity contribution in [2.24, 2.45) is 0 Å². The Morgan fingerprint density at radius 2 is 2.00 bits per heavy atom. The van der Waals surface area contributed by atoms with Crippen molar-refractivity contribution in [3.05, 3.63) is 55.2 Å². The number of carbonyl (C=O) groups excluding carboxylic acids is 3. The van der Waals surface area contributed by atoms with E-state index in [0.29, 0.717) is 4.88 Å². The van der Waals surface area contributed by atoms with Gasteiger partial charge in [0.25, 0.3) is 17.5 Å². The molecule has 0 saturated carbocycles. The zero-order valence-electron chi connectivity index (χ0n) is 14.9. The van der Waals surface area contributed by atoms with E-state index in [1.165, 1.54) is 30.4 Å². The van der Waals surface area contributed by atoms with Gasteiger partial charge in [-0.1, -0.05) is 11.6 Å². The van der Waals surface area contributed by atoms with Gasteiger partial charge >= 0.3 is 5.97 Å². The molecule has 0 saturated heterocycles. The molecule has 0 bridgehead atoms. The molecule has 1 aromatic heterocycles. The first-order chi connectivity index (χ1) is 13.2. The molecule has 0 aliphatic rings. The van der Waals surface area contributed by atoms with E-state index in [-0.39, 0.29) is 16.4 Å². The van der Waals surface area contributed by atoms with Gasteiger partial charge in [-0.2, -0.15) is 0 Å². The number of nitro benzene ring substituents is 1. The van der Waals surface area contributed by atoms with Crippen molar-refractivity contribution in [1.82, 2.24) is 5.32 Å². The molecule has 1 aromatic carbocycles. The fourth-order valence-electron chi connectivity index (χ4n) is 2.05. The van der Waals surface area contributed by atoms with E-state index in [0.717, 1.165) is 10.9 Å². The number of nitrogens with zero attached hydrogens (tertiary/aromatic N) is 1. The molecule has 2 aromatic rings. The molecule has 2 N–H and O–H groups in total. The summed E-state index contributed by atoms with van der Waals surface area (Å²) in [5, 5.41) is 15.7. The number of benzene rings is 1. The van der Waals surface area contributed by atoms with Crippen molar-refractivity contribution in [3.63, 3.8) is 0 Å². The smallest absolute Gasteiger partial charge is 0.326 e. The van der Waals surface area contributed by atoms with Gasteiger partial charge in [0, 0.05) is 17.0 Å². The number of rotatable bonds is 7. The van der Waals surface area contributed by atoms with Gasteiger partial charge in [-0.05, 0) is 32.0 Å². The van der Waals surface area contributed by atoms with Crippen LogP contribution in [0.3, 0.4) is 0 Å². The van der Waals surface area contributed by atoms with Crippen molar-refractivity contribution in [1.29, 1.82) is 0 Å². The SMILES string of the molecule is Cc1ccc(C(=O)NCC(=O)OC(C)C(=O)Nc2cc([N+](=O)[O-])ccc2Cl)s1. The second kappa shape index (κ2) is 9.29. The van der Waals surface area contributed by atoms with Gasteiger partial charge in [-0.25, -0.2) is 0 Å². The van der Waals surface area contributed by atoms with Gasteiger partial charge in [0.05, 0.1) is 20.5 Å². The molecule has 2 rings (SSSR count). The van der Waals surface area contributed by atoms with Crippen LogP contribution < -0.4 is 10.6 Å². The maximum Gasteiger partial charge on any atom is 0.326 e. The third-order valence-corrected chi connectivity index (χ3v) is 4.78. The van der Waals surface area contributed by atoms with Crippen LogP contribution in [0.4, 0.5) is 11.4 Å². The van der Waals surface area contributed by atoms with Gasteiger partial charge in [-0.3, -0.25) is 24.5 Å². The summed E-state index contributed by atoms with van der Waals surface area (Å²) < 4.78 is 4.95. The molecule has 0 aliphatic carbocycles. The molecule has 148 valence electrons. The molecule has 1 unspecified atom stereocenters. The van der Waals surface area contributed by atoms with Gasteiger partial charge < -0.3 is 15.4 Å². The first kappa shape index (κ1) is 21.3. The third-order valence-electron chi connectivity index (χ3n) is 3.45. The van der Waals surface area contributed by atoms with E-state index in [9.17, 15) is 24.5 Å². The number of halogens is 1. The molecule has 0 aliphatic heterocycles. The molecule has 9 nitrogen and oxygen atoms in total. The van der Waals surface area contributed by atoms with E-state index >= 15 is 0 Å². The van der Waals surface area contributed by atoms with Crippen LogP contribution in [0.15, 0.2) is 30.3 Å². The Bertz CT molecular complexity index is 929. The molecule has 11 heteroatoms. The summed E-state index contributed by atoms with van der Waals surface area (Å²) in [6.07, 6.45) is -1.20. The number of ether oxygens (including phenoxy) is 1. The van der Waals surface area contributed by atoms with Crippen LogP contribution in [-0.4, -0.2) is 35.4 Å². The predicted molar refractivity (Wildman–Crippen MR) is 104 cm³/mol. The molecular formula is C17H16ClN3O6S. The predicted octanol–water partition coefficient (Wildman–Crippen LogP) is 2.92. The van der Waals surface area contributed by atoms with Crippen LogP contribution in [0.5, 0.6) is 0 Å². The third kappa shape index (κ3) is 5.76. The number of esters is 1. The molecular weight excluding hydrogens is 410 g/mol. The highest BCUT2D eigenvalue weighted by molar-refractivity contribution is 7.13. The monoisotopic (exact) mass is 425 g/mol. The average molecular weight is 426 g/mol. The molecule has 2 amide bonds. The lowest BCUT2D eigenvalue weighted by Gasteiger charge is -2.14. The Balaban J connectivity index is 1.88. The maximum absolute atomic E-state index is 12.1. The molecule has 1 heterocycles. The molecule has 0 radical (unpaired) electrons. The fourth-order valence-corrected chi connectivity index (χ4v) is 2.99. The van der Waals surface area contributed by atoms with Gasteiger partial charge in [-0.15, -0.1) is 11.3 Å². The lowest BCUT2D eigenvalue weighted by Crippen LogP contribution is -2.35. The Morgan fingerprint density at radius 3 is 2.61 bits per heavy atom. The second-order valence-electron chi connectivity index (χ2n) is 5.64. The summed E-state index contributed by atoms with van der Waals surface area (Å²) in [7, 11) is 0. The number of hydrogen-bond acceptors (Lipinski definition) is 7. The highest BCUT2D eigenvalue weighted by atomic mass is 35.5. The number of thiophene rings is 1. The number of nitrogens with one attached hydrogen (secondary N) is 2. The van der Waals surface area contributed by atoms with E-state index in [2.05, 4.69) is 10.6 Å². The Morgan fingerprint density at radius 1 is 1.29 bits per heavy atom. The van der Waals surface area contributed by atoms with Crippen LogP contribution in [0.25, 0.3) is 0 Å². The Labute approximate surface area is 168 Å². The summed E-state index contributed by atoms with van der Waals surface area (Å²) in [5.74, 6) is -1.96. The summed E-state index contributed by atoms with van der Waals surface area (Å²) in [6.45, 7) is 2.76. The topological polar surface area (TPSA) is 128 Å². The number of nitro groups is 1. The number of aryl methyl sites for hydroxylation is 1. The van der Waals surface area contributed by atoms with Crippen LogP contribution in [0.1, 0.15) is 21.5 Å². The van der Waals surface area contributed by atoms with Gasteiger partial charge in [0.15, 0.2) is 6.10 Å². The molecule has 28 heavy (non-hydrogen) atoms. The first-order valence-corrected chi connectivity index (χ1v) is 9.15. The molecule has 1 atom stereocenters. The summed E-state index contributed by atoms with van der Waals surface area (Å²) in [6, 6.07) is 6.98. The summed E-state index contributed by atoms with van der Waals surface area (Å²) >= 11 is 7.19. The lowest BCUT2D eigenvalue weighted by molar-refractivity contribution is -0.384. The van der Waals surface area contributed by atoms with Crippen LogP contribution in [-0.2, 0) is 14.3 Å². The number of amides is 2. The van der Waals surface area contributed by atoms with Crippen LogP contribution in [0.2, 0.25) is 5.02 Å². The van der Waals surface area contributed by atoms with Crippen molar-refractivity contribution < 1.29 is 24.0 Å². The van der Waals surface area contributed by atoms with Gasteiger partial charge in [0.2, 0.25) is 0 Å². The van der Waals surface area contributed by atoms with E-state index in [1.807, 2.05) is 6.92 Å². The van der Waals surface area contributed by atoms with Crippen molar-refractivity contribution >= 4 is 52.1 Å². The number of carbonyl (C=O) groups is 3. The number of hydrogen-bond donors (Lipinski definition) is 2.